The molecular formula is C11H22F2. The van der Waals surface area contributed by atoms with Crippen molar-refractivity contribution in [3.8, 4) is 0 Å². The highest BCUT2D eigenvalue weighted by molar-refractivity contribution is 5.11. The van der Waals surface area contributed by atoms with E-state index >= 15 is 0 Å². The van der Waals surface area contributed by atoms with Crippen LogP contribution >= 0.6 is 0 Å². The minimum atomic E-state index is -2.38. The Hall–Kier alpha value is -0.140. The van der Waals surface area contributed by atoms with E-state index in [1.807, 2.05) is 27.7 Å². The van der Waals surface area contributed by atoms with E-state index in [0.29, 0.717) is 12.3 Å². The molecule has 0 aliphatic heterocycles. The summed E-state index contributed by atoms with van der Waals surface area (Å²) in [6.07, 6.45) is 0.771. The summed E-state index contributed by atoms with van der Waals surface area (Å²) in [5, 5.41) is 0. The first-order chi connectivity index (χ1) is 5.32. The van der Waals surface area contributed by atoms with Crippen LogP contribution < -0.4 is 0 Å². The first kappa shape index (κ1) is 12.9. The normalized spacial score (nSPS) is 30.5. The number of alkyl halides is 2. The second-order valence-corrected chi connectivity index (χ2v) is 4.79. The lowest BCUT2D eigenvalue weighted by Gasteiger charge is -2.22. The SMILES string of the molecule is C.CC(C)CC1(C(C)C)CC1(F)F. The molecule has 0 aromatic rings. The van der Waals surface area contributed by atoms with Crippen molar-refractivity contribution in [2.45, 2.75) is 53.9 Å². The van der Waals surface area contributed by atoms with Crippen molar-refractivity contribution in [3.63, 3.8) is 0 Å². The first-order valence-electron chi connectivity index (χ1n) is 4.69. The van der Waals surface area contributed by atoms with Crippen molar-refractivity contribution in [2.24, 2.45) is 17.3 Å². The molecule has 1 fully saturated rings. The van der Waals surface area contributed by atoms with Crippen molar-refractivity contribution in [1.29, 1.82) is 0 Å². The smallest absolute Gasteiger partial charge is 0.206 e. The third-order valence-corrected chi connectivity index (χ3v) is 3.02. The zero-order chi connectivity index (χ0) is 9.57. The molecule has 80 valence electrons. The second kappa shape index (κ2) is 3.55. The van der Waals surface area contributed by atoms with E-state index in [-0.39, 0.29) is 19.8 Å². The van der Waals surface area contributed by atoms with Gasteiger partial charge >= 0.3 is 0 Å². The maximum Gasteiger partial charge on any atom is 0.254 e. The molecule has 0 radical (unpaired) electrons. The summed E-state index contributed by atoms with van der Waals surface area (Å²) in [5.41, 5.74) is -0.666. The lowest BCUT2D eigenvalue weighted by molar-refractivity contribution is 0.0349. The van der Waals surface area contributed by atoms with Crippen molar-refractivity contribution in [2.75, 3.05) is 0 Å². The first-order valence-corrected chi connectivity index (χ1v) is 4.69. The topological polar surface area (TPSA) is 0 Å². The van der Waals surface area contributed by atoms with Gasteiger partial charge in [0.15, 0.2) is 0 Å². The Bertz CT molecular complexity index is 173. The summed E-state index contributed by atoms with van der Waals surface area (Å²) in [7, 11) is 0. The van der Waals surface area contributed by atoms with Crippen LogP contribution in [-0.4, -0.2) is 5.92 Å². The molecule has 13 heavy (non-hydrogen) atoms. The maximum atomic E-state index is 13.1. The molecule has 1 unspecified atom stereocenters. The fourth-order valence-electron chi connectivity index (χ4n) is 2.16. The summed E-state index contributed by atoms with van der Waals surface area (Å²) in [5.74, 6) is -1.90. The molecule has 2 heteroatoms. The Morgan fingerprint density at radius 3 is 1.62 bits per heavy atom. The number of hydrogen-bond acceptors (Lipinski definition) is 0. The Kier molecular flexibility index (Phi) is 3.51. The largest absolute Gasteiger partial charge is 0.254 e. The summed E-state index contributed by atoms with van der Waals surface area (Å²) in [4.78, 5) is 0. The van der Waals surface area contributed by atoms with Crippen LogP contribution in [0, 0.1) is 17.3 Å². The standard InChI is InChI=1S/C10H18F2.CH4/c1-7(2)5-9(8(3)4)6-10(9,11)12;/h7-8H,5-6H2,1-4H3;1H4. The lowest BCUT2D eigenvalue weighted by atomic mass is 9.84. The molecule has 0 N–H and O–H groups in total. The third kappa shape index (κ3) is 2.03. The highest BCUT2D eigenvalue weighted by Crippen LogP contribution is 2.67. The van der Waals surface area contributed by atoms with Gasteiger partial charge in [-0.1, -0.05) is 35.1 Å². The second-order valence-electron chi connectivity index (χ2n) is 4.79. The Morgan fingerprint density at radius 1 is 1.15 bits per heavy atom. The minimum Gasteiger partial charge on any atom is -0.206 e. The van der Waals surface area contributed by atoms with Gasteiger partial charge in [0, 0.05) is 11.8 Å². The average molecular weight is 192 g/mol. The molecule has 0 amide bonds. The van der Waals surface area contributed by atoms with Gasteiger partial charge in [-0.25, -0.2) is 8.78 Å². The van der Waals surface area contributed by atoms with Crippen LogP contribution in [0.3, 0.4) is 0 Å². The van der Waals surface area contributed by atoms with E-state index < -0.39 is 11.3 Å². The molecule has 0 spiro atoms. The molecule has 1 aliphatic carbocycles. The van der Waals surface area contributed by atoms with Gasteiger partial charge in [0.2, 0.25) is 0 Å². The number of halogens is 2. The molecule has 1 aliphatic rings. The predicted octanol–water partition coefficient (Wildman–Crippen LogP) is 4.35. The summed E-state index contributed by atoms with van der Waals surface area (Å²) in [6, 6.07) is 0. The van der Waals surface area contributed by atoms with Gasteiger partial charge in [-0.15, -0.1) is 0 Å². The van der Waals surface area contributed by atoms with Gasteiger partial charge in [0.25, 0.3) is 5.92 Å². The third-order valence-electron chi connectivity index (χ3n) is 3.02. The molecule has 1 rings (SSSR count). The fourth-order valence-corrected chi connectivity index (χ4v) is 2.16. The monoisotopic (exact) mass is 192 g/mol. The molecule has 0 saturated heterocycles. The van der Waals surface area contributed by atoms with E-state index in [4.69, 9.17) is 0 Å². The van der Waals surface area contributed by atoms with Crippen molar-refractivity contribution in [1.82, 2.24) is 0 Å². The molecular weight excluding hydrogens is 170 g/mol. The van der Waals surface area contributed by atoms with Crippen LogP contribution in [-0.2, 0) is 0 Å². The van der Waals surface area contributed by atoms with E-state index in [9.17, 15) is 8.78 Å². The van der Waals surface area contributed by atoms with Gasteiger partial charge in [0.1, 0.15) is 0 Å². The van der Waals surface area contributed by atoms with Crippen LogP contribution in [0.1, 0.15) is 48.0 Å². The summed E-state index contributed by atoms with van der Waals surface area (Å²) >= 11 is 0. The quantitative estimate of drug-likeness (QED) is 0.623. The Labute approximate surface area is 80.7 Å². The van der Waals surface area contributed by atoms with Crippen LogP contribution in [0.5, 0.6) is 0 Å². The van der Waals surface area contributed by atoms with Crippen LogP contribution in [0.25, 0.3) is 0 Å². The van der Waals surface area contributed by atoms with E-state index in [1.54, 1.807) is 0 Å². The van der Waals surface area contributed by atoms with Crippen molar-refractivity contribution < 1.29 is 8.78 Å². The zero-order valence-electron chi connectivity index (χ0n) is 8.32. The molecule has 1 saturated carbocycles. The van der Waals surface area contributed by atoms with Crippen molar-refractivity contribution >= 4 is 0 Å². The zero-order valence-corrected chi connectivity index (χ0v) is 8.32. The molecule has 0 aromatic heterocycles. The maximum absolute atomic E-state index is 13.1. The van der Waals surface area contributed by atoms with Gasteiger partial charge in [0.05, 0.1) is 0 Å². The van der Waals surface area contributed by atoms with Crippen molar-refractivity contribution in [3.05, 3.63) is 0 Å². The molecule has 0 aromatic carbocycles. The van der Waals surface area contributed by atoms with E-state index in [2.05, 4.69) is 0 Å². The summed E-state index contributed by atoms with van der Waals surface area (Å²) < 4.78 is 26.1. The Morgan fingerprint density at radius 2 is 1.54 bits per heavy atom. The van der Waals surface area contributed by atoms with Crippen LogP contribution in [0.15, 0.2) is 0 Å². The van der Waals surface area contributed by atoms with Gasteiger partial charge < -0.3 is 0 Å². The molecule has 0 nitrogen and oxygen atoms in total. The summed E-state index contributed by atoms with van der Waals surface area (Å²) in [6.45, 7) is 7.84. The van der Waals surface area contributed by atoms with Gasteiger partial charge in [-0.05, 0) is 18.3 Å². The average Bonchev–Trinajstić information content (AvgIpc) is 2.33. The van der Waals surface area contributed by atoms with Gasteiger partial charge in [-0.3, -0.25) is 0 Å². The lowest BCUT2D eigenvalue weighted by Crippen LogP contribution is -2.20. The molecule has 0 heterocycles. The van der Waals surface area contributed by atoms with E-state index in [0.717, 1.165) is 0 Å². The molecule has 0 bridgehead atoms. The van der Waals surface area contributed by atoms with Crippen LogP contribution in [0.4, 0.5) is 8.78 Å². The van der Waals surface area contributed by atoms with Gasteiger partial charge in [-0.2, -0.15) is 0 Å². The number of hydrogen-bond donors (Lipinski definition) is 0. The molecule has 1 atom stereocenters. The Balaban J connectivity index is 0.00000144. The highest BCUT2D eigenvalue weighted by atomic mass is 19.3. The fraction of sp³-hybridized carbons (Fsp3) is 1.00. The van der Waals surface area contributed by atoms with E-state index in [1.165, 1.54) is 0 Å². The van der Waals surface area contributed by atoms with Crippen LogP contribution in [0.2, 0.25) is 0 Å². The predicted molar refractivity (Wildman–Crippen MR) is 53.0 cm³/mol. The minimum absolute atomic E-state index is 0. The number of rotatable bonds is 3. The highest BCUT2D eigenvalue weighted by Gasteiger charge is 2.71.